The minimum absolute atomic E-state index is 0.269. The smallest absolute Gasteiger partial charge is 0.182 e. The van der Waals surface area contributed by atoms with Crippen molar-refractivity contribution in [3.63, 3.8) is 0 Å². The molecular weight excluding hydrogens is 290 g/mol. The molecule has 0 fully saturated rings. The molecule has 0 unspecified atom stereocenters. The Labute approximate surface area is 129 Å². The van der Waals surface area contributed by atoms with E-state index in [2.05, 4.69) is 15.5 Å². The van der Waals surface area contributed by atoms with Crippen LogP contribution in [0.3, 0.4) is 0 Å². The second kappa shape index (κ2) is 7.38. The van der Waals surface area contributed by atoms with Crippen molar-refractivity contribution in [1.82, 2.24) is 20.2 Å². The highest BCUT2D eigenvalue weighted by atomic mass is 35.5. The molecule has 0 atom stereocenters. The third kappa shape index (κ3) is 4.41. The minimum Gasteiger partial charge on any atom is -0.398 e. The summed E-state index contributed by atoms with van der Waals surface area (Å²) in [6.07, 6.45) is 2.19. The number of aryl methyl sites for hydroxylation is 1. The second-order valence-electron chi connectivity index (χ2n) is 5.09. The summed E-state index contributed by atoms with van der Waals surface area (Å²) in [6.45, 7) is 5.56. The van der Waals surface area contributed by atoms with Crippen LogP contribution in [0.5, 0.6) is 0 Å². The third-order valence-electron chi connectivity index (χ3n) is 3.00. The van der Waals surface area contributed by atoms with Crippen molar-refractivity contribution in [3.8, 4) is 11.4 Å². The van der Waals surface area contributed by atoms with E-state index in [-0.39, 0.29) is 6.10 Å². The summed E-state index contributed by atoms with van der Waals surface area (Å²) in [4.78, 5) is 0. The Morgan fingerprint density at radius 1 is 1.33 bits per heavy atom. The molecule has 6 nitrogen and oxygen atoms in total. The Hall–Kier alpha value is -1.66. The lowest BCUT2D eigenvalue weighted by Gasteiger charge is -2.08. The molecule has 114 valence electrons. The van der Waals surface area contributed by atoms with Gasteiger partial charge in [0.05, 0.1) is 16.8 Å². The van der Waals surface area contributed by atoms with Gasteiger partial charge in [-0.25, -0.2) is 4.68 Å². The van der Waals surface area contributed by atoms with E-state index in [9.17, 15) is 0 Å². The molecule has 0 saturated heterocycles. The highest BCUT2D eigenvalue weighted by Gasteiger charge is 2.10. The van der Waals surface area contributed by atoms with E-state index in [1.165, 1.54) is 0 Å². The highest BCUT2D eigenvalue weighted by molar-refractivity contribution is 6.33. The largest absolute Gasteiger partial charge is 0.398 e. The lowest BCUT2D eigenvalue weighted by atomic mass is 10.2. The second-order valence-corrected chi connectivity index (χ2v) is 5.50. The number of rotatable bonds is 7. The molecule has 0 saturated carbocycles. The van der Waals surface area contributed by atoms with Gasteiger partial charge in [-0.3, -0.25) is 0 Å². The van der Waals surface area contributed by atoms with Gasteiger partial charge in [0.2, 0.25) is 0 Å². The maximum atomic E-state index is 5.93. The van der Waals surface area contributed by atoms with Crippen molar-refractivity contribution in [1.29, 1.82) is 0 Å². The lowest BCUT2D eigenvalue weighted by Crippen LogP contribution is -2.07. The number of nitrogen functional groups attached to an aromatic ring is 1. The number of hydrogen-bond donors (Lipinski definition) is 1. The molecule has 0 aliphatic carbocycles. The van der Waals surface area contributed by atoms with E-state index in [1.807, 2.05) is 19.9 Å². The molecule has 1 aromatic carbocycles. The van der Waals surface area contributed by atoms with E-state index in [1.54, 1.807) is 16.8 Å². The first-order valence-corrected chi connectivity index (χ1v) is 7.39. The molecular formula is C14H20ClN5O. The minimum atomic E-state index is 0.269. The Kier molecular flexibility index (Phi) is 5.52. The van der Waals surface area contributed by atoms with Crippen molar-refractivity contribution in [3.05, 3.63) is 23.2 Å². The SMILES string of the molecule is CC(C)OCCCCn1nnnc1-c1ccc(Cl)c(N)c1. The summed E-state index contributed by atoms with van der Waals surface area (Å²) >= 11 is 5.93. The van der Waals surface area contributed by atoms with E-state index >= 15 is 0 Å². The van der Waals surface area contributed by atoms with Crippen LogP contribution < -0.4 is 5.73 Å². The van der Waals surface area contributed by atoms with Crippen molar-refractivity contribution in [2.75, 3.05) is 12.3 Å². The average Bonchev–Trinajstić information content (AvgIpc) is 2.89. The fourth-order valence-corrected chi connectivity index (χ4v) is 2.05. The molecule has 1 aromatic heterocycles. The van der Waals surface area contributed by atoms with Crippen molar-refractivity contribution >= 4 is 17.3 Å². The van der Waals surface area contributed by atoms with Crippen molar-refractivity contribution in [2.45, 2.75) is 39.3 Å². The predicted molar refractivity (Wildman–Crippen MR) is 83.0 cm³/mol. The summed E-state index contributed by atoms with van der Waals surface area (Å²) in [5.41, 5.74) is 7.20. The van der Waals surface area contributed by atoms with Gasteiger partial charge in [-0.05, 0) is 55.3 Å². The molecule has 2 N–H and O–H groups in total. The molecule has 21 heavy (non-hydrogen) atoms. The molecule has 1 heterocycles. The third-order valence-corrected chi connectivity index (χ3v) is 3.35. The number of benzene rings is 1. The van der Waals surface area contributed by atoms with Gasteiger partial charge < -0.3 is 10.5 Å². The van der Waals surface area contributed by atoms with Gasteiger partial charge in [0.1, 0.15) is 0 Å². The van der Waals surface area contributed by atoms with Crippen LogP contribution in [0, 0.1) is 0 Å². The Balaban J connectivity index is 1.96. The first-order valence-electron chi connectivity index (χ1n) is 7.01. The maximum Gasteiger partial charge on any atom is 0.182 e. The zero-order valence-corrected chi connectivity index (χ0v) is 13.0. The zero-order chi connectivity index (χ0) is 15.2. The summed E-state index contributed by atoms with van der Waals surface area (Å²) in [5, 5.41) is 12.3. The number of hydrogen-bond acceptors (Lipinski definition) is 5. The fraction of sp³-hybridized carbons (Fsp3) is 0.500. The van der Waals surface area contributed by atoms with Gasteiger partial charge in [-0.1, -0.05) is 11.6 Å². The Morgan fingerprint density at radius 3 is 2.86 bits per heavy atom. The van der Waals surface area contributed by atoms with Gasteiger partial charge in [0.15, 0.2) is 5.82 Å². The van der Waals surface area contributed by atoms with E-state index in [0.29, 0.717) is 16.5 Å². The van der Waals surface area contributed by atoms with Crippen molar-refractivity contribution in [2.24, 2.45) is 0 Å². The summed E-state index contributed by atoms with van der Waals surface area (Å²) < 4.78 is 7.29. The van der Waals surface area contributed by atoms with Crippen LogP contribution in [0.2, 0.25) is 5.02 Å². The number of aromatic nitrogens is 4. The summed E-state index contributed by atoms with van der Waals surface area (Å²) in [6, 6.07) is 5.40. The number of tetrazole rings is 1. The molecule has 0 aliphatic heterocycles. The van der Waals surface area contributed by atoms with Crippen LogP contribution in [-0.2, 0) is 11.3 Å². The lowest BCUT2D eigenvalue weighted by molar-refractivity contribution is 0.0753. The van der Waals surface area contributed by atoms with Crippen LogP contribution in [0.1, 0.15) is 26.7 Å². The molecule has 0 amide bonds. The monoisotopic (exact) mass is 309 g/mol. The van der Waals surface area contributed by atoms with Crippen LogP contribution in [0.25, 0.3) is 11.4 Å². The zero-order valence-electron chi connectivity index (χ0n) is 12.3. The summed E-state index contributed by atoms with van der Waals surface area (Å²) in [5.74, 6) is 0.697. The molecule has 7 heteroatoms. The molecule has 0 radical (unpaired) electrons. The molecule has 0 bridgehead atoms. The molecule has 0 spiro atoms. The van der Waals surface area contributed by atoms with Gasteiger partial charge in [-0.2, -0.15) is 0 Å². The van der Waals surface area contributed by atoms with E-state index in [4.69, 9.17) is 22.1 Å². The molecule has 2 aromatic rings. The number of nitrogens with zero attached hydrogens (tertiary/aromatic N) is 4. The van der Waals surface area contributed by atoms with Crippen LogP contribution >= 0.6 is 11.6 Å². The van der Waals surface area contributed by atoms with Crippen LogP contribution in [-0.4, -0.2) is 32.9 Å². The Morgan fingerprint density at radius 2 is 2.14 bits per heavy atom. The first-order chi connectivity index (χ1) is 10.1. The van der Waals surface area contributed by atoms with Crippen LogP contribution in [0.15, 0.2) is 18.2 Å². The standard InChI is InChI=1S/C14H20ClN5O/c1-10(2)21-8-4-3-7-20-14(17-18-19-20)11-5-6-12(15)13(16)9-11/h5-6,9-10H,3-4,7-8,16H2,1-2H3. The summed E-state index contributed by atoms with van der Waals surface area (Å²) in [7, 11) is 0. The normalized spacial score (nSPS) is 11.2. The maximum absolute atomic E-state index is 5.93. The van der Waals surface area contributed by atoms with E-state index in [0.717, 1.165) is 31.6 Å². The number of ether oxygens (including phenoxy) is 1. The number of halogens is 1. The molecule has 0 aliphatic rings. The quantitative estimate of drug-likeness (QED) is 0.628. The van der Waals surface area contributed by atoms with Gasteiger partial charge in [-0.15, -0.1) is 5.10 Å². The van der Waals surface area contributed by atoms with Crippen molar-refractivity contribution < 1.29 is 4.74 Å². The average molecular weight is 310 g/mol. The predicted octanol–water partition coefficient (Wildman–Crippen LogP) is 2.78. The highest BCUT2D eigenvalue weighted by Crippen LogP contribution is 2.25. The van der Waals surface area contributed by atoms with Gasteiger partial charge in [0, 0.05) is 18.7 Å². The number of unbranched alkanes of at least 4 members (excludes halogenated alkanes) is 1. The fourth-order valence-electron chi connectivity index (χ4n) is 1.93. The van der Waals surface area contributed by atoms with Gasteiger partial charge >= 0.3 is 0 Å². The molecule has 2 rings (SSSR count). The van der Waals surface area contributed by atoms with Gasteiger partial charge in [0.25, 0.3) is 0 Å². The topological polar surface area (TPSA) is 78.8 Å². The van der Waals surface area contributed by atoms with E-state index < -0.39 is 0 Å². The number of anilines is 1. The first kappa shape index (κ1) is 15.7. The number of nitrogens with two attached hydrogens (primary N) is 1. The van der Waals surface area contributed by atoms with Crippen LogP contribution in [0.4, 0.5) is 5.69 Å². The Bertz CT molecular complexity index is 584.